The fourth-order valence-electron chi connectivity index (χ4n) is 3.55. The summed E-state index contributed by atoms with van der Waals surface area (Å²) in [5.74, 6) is 2.59. The van der Waals surface area contributed by atoms with Gasteiger partial charge in [-0.15, -0.1) is 0 Å². The van der Waals surface area contributed by atoms with Crippen molar-refractivity contribution in [3.05, 3.63) is 36.0 Å². The van der Waals surface area contributed by atoms with Gasteiger partial charge in [-0.3, -0.25) is 0 Å². The van der Waals surface area contributed by atoms with Crippen molar-refractivity contribution in [1.29, 1.82) is 0 Å². The first-order valence-corrected chi connectivity index (χ1v) is 9.65. The lowest BCUT2D eigenvalue weighted by molar-refractivity contribution is 0.421. The molecule has 0 saturated heterocycles. The predicted octanol–water partition coefficient (Wildman–Crippen LogP) is 7.48. The van der Waals surface area contributed by atoms with E-state index in [-0.39, 0.29) is 0 Å². The van der Waals surface area contributed by atoms with Gasteiger partial charge >= 0.3 is 0 Å². The van der Waals surface area contributed by atoms with Gasteiger partial charge in [-0.2, -0.15) is 0 Å². The maximum absolute atomic E-state index is 2.43. The summed E-state index contributed by atoms with van der Waals surface area (Å²) >= 11 is 0. The molecule has 0 aromatic carbocycles. The largest absolute Gasteiger partial charge is 0.0916 e. The molecule has 1 saturated carbocycles. The highest BCUT2D eigenvalue weighted by molar-refractivity contribution is 5.21. The van der Waals surface area contributed by atoms with Crippen LogP contribution in [0.3, 0.4) is 0 Å². The molecule has 0 radical (unpaired) electrons. The fourth-order valence-corrected chi connectivity index (χ4v) is 3.55. The average Bonchev–Trinajstić information content (AvgIpc) is 2.72. The first-order valence-electron chi connectivity index (χ1n) is 9.65. The minimum Gasteiger partial charge on any atom is -0.0916 e. The summed E-state index contributed by atoms with van der Waals surface area (Å²) in [6.45, 7) is 9.12. The molecule has 1 aliphatic rings. The second kappa shape index (κ2) is 11.7. The molecule has 0 bridgehead atoms. The van der Waals surface area contributed by atoms with Crippen molar-refractivity contribution in [3.63, 3.8) is 0 Å². The molecule has 0 amide bonds. The maximum Gasteiger partial charge on any atom is -0.0159 e. The van der Waals surface area contributed by atoms with E-state index in [0.29, 0.717) is 5.92 Å². The van der Waals surface area contributed by atoms with Crippen molar-refractivity contribution < 1.29 is 0 Å². The van der Waals surface area contributed by atoms with Gasteiger partial charge in [-0.05, 0) is 55.9 Å². The molecule has 3 unspecified atom stereocenters. The van der Waals surface area contributed by atoms with Crippen LogP contribution < -0.4 is 0 Å². The van der Waals surface area contributed by atoms with Crippen molar-refractivity contribution in [1.82, 2.24) is 0 Å². The van der Waals surface area contributed by atoms with Crippen LogP contribution in [0.2, 0.25) is 0 Å². The third kappa shape index (κ3) is 8.01. The molecule has 22 heavy (non-hydrogen) atoms. The highest BCUT2D eigenvalue weighted by Gasteiger charge is 2.15. The lowest BCUT2D eigenvalue weighted by atomic mass is 9.93. The fraction of sp³-hybridized carbons (Fsp3) is 0.727. The van der Waals surface area contributed by atoms with Crippen molar-refractivity contribution in [3.8, 4) is 0 Å². The Labute approximate surface area is 139 Å². The molecule has 1 rings (SSSR count). The molecule has 0 heteroatoms. The van der Waals surface area contributed by atoms with E-state index < -0.39 is 0 Å². The summed E-state index contributed by atoms with van der Waals surface area (Å²) in [4.78, 5) is 0. The molecular weight excluding hydrogens is 264 g/mol. The lowest BCUT2D eigenvalue weighted by Crippen LogP contribution is -1.99. The number of rotatable bonds is 8. The summed E-state index contributed by atoms with van der Waals surface area (Å²) in [5.41, 5.74) is 1.52. The molecule has 0 aromatic rings. The summed E-state index contributed by atoms with van der Waals surface area (Å²) in [6, 6.07) is 0. The smallest absolute Gasteiger partial charge is 0.0159 e. The third-order valence-electron chi connectivity index (χ3n) is 5.16. The third-order valence-corrected chi connectivity index (χ3v) is 5.16. The average molecular weight is 303 g/mol. The Balaban J connectivity index is 2.39. The lowest BCUT2D eigenvalue weighted by Gasteiger charge is -2.13. The van der Waals surface area contributed by atoms with Gasteiger partial charge in [0.05, 0.1) is 0 Å². The molecule has 126 valence electrons. The van der Waals surface area contributed by atoms with Crippen LogP contribution in [-0.4, -0.2) is 0 Å². The SMILES string of the molecule is CC=CCC(C)C(C=CCCC1CCCC(C)CC1)=CCC. The van der Waals surface area contributed by atoms with Crippen LogP contribution in [0.1, 0.15) is 85.5 Å². The Morgan fingerprint density at radius 3 is 2.68 bits per heavy atom. The van der Waals surface area contributed by atoms with Gasteiger partial charge < -0.3 is 0 Å². The quantitative estimate of drug-likeness (QED) is 0.248. The summed E-state index contributed by atoms with van der Waals surface area (Å²) in [7, 11) is 0. The summed E-state index contributed by atoms with van der Waals surface area (Å²) < 4.78 is 0. The molecule has 1 fully saturated rings. The van der Waals surface area contributed by atoms with E-state index in [1.807, 2.05) is 0 Å². The zero-order valence-corrected chi connectivity index (χ0v) is 15.5. The van der Waals surface area contributed by atoms with Crippen molar-refractivity contribution in [2.24, 2.45) is 17.8 Å². The van der Waals surface area contributed by atoms with Crippen molar-refractivity contribution in [2.45, 2.75) is 85.5 Å². The minimum absolute atomic E-state index is 0.645. The van der Waals surface area contributed by atoms with Gasteiger partial charge in [0, 0.05) is 0 Å². The number of hydrogen-bond acceptors (Lipinski definition) is 0. The topological polar surface area (TPSA) is 0 Å². The van der Waals surface area contributed by atoms with Crippen LogP contribution >= 0.6 is 0 Å². The van der Waals surface area contributed by atoms with Crippen LogP contribution in [-0.2, 0) is 0 Å². The molecule has 3 atom stereocenters. The van der Waals surface area contributed by atoms with Crippen LogP contribution in [0.5, 0.6) is 0 Å². The van der Waals surface area contributed by atoms with E-state index in [4.69, 9.17) is 0 Å². The Morgan fingerprint density at radius 1 is 1.14 bits per heavy atom. The zero-order valence-electron chi connectivity index (χ0n) is 15.5. The van der Waals surface area contributed by atoms with Gasteiger partial charge in [0.1, 0.15) is 0 Å². The number of hydrogen-bond donors (Lipinski definition) is 0. The van der Waals surface area contributed by atoms with Gasteiger partial charge in [-0.25, -0.2) is 0 Å². The highest BCUT2D eigenvalue weighted by Crippen LogP contribution is 2.29. The predicted molar refractivity (Wildman–Crippen MR) is 101 cm³/mol. The first kappa shape index (κ1) is 19.3. The van der Waals surface area contributed by atoms with Crippen LogP contribution in [0.25, 0.3) is 0 Å². The van der Waals surface area contributed by atoms with E-state index in [2.05, 4.69) is 58.1 Å². The Morgan fingerprint density at radius 2 is 1.95 bits per heavy atom. The van der Waals surface area contributed by atoms with E-state index >= 15 is 0 Å². The Bertz CT molecular complexity index is 358. The maximum atomic E-state index is 2.43. The van der Waals surface area contributed by atoms with Crippen molar-refractivity contribution in [2.75, 3.05) is 0 Å². The van der Waals surface area contributed by atoms with Crippen LogP contribution in [0.4, 0.5) is 0 Å². The van der Waals surface area contributed by atoms with E-state index in [9.17, 15) is 0 Å². The molecule has 0 aliphatic heterocycles. The van der Waals surface area contributed by atoms with Crippen LogP contribution in [0, 0.1) is 17.8 Å². The standard InChI is InChI=1S/C22H38/c1-5-7-13-20(4)22(11-6-2)16-9-8-14-21-15-10-12-19(3)17-18-21/h5,7,9,11,16,19-21H,6,8,10,12-15,17-18H2,1-4H3. The van der Waals surface area contributed by atoms with Gasteiger partial charge in [0.2, 0.25) is 0 Å². The molecule has 0 N–H and O–H groups in total. The molecular formula is C22H38. The monoisotopic (exact) mass is 302 g/mol. The summed E-state index contributed by atoms with van der Waals surface area (Å²) in [6.07, 6.45) is 23.9. The zero-order chi connectivity index (χ0) is 16.2. The van der Waals surface area contributed by atoms with E-state index in [1.165, 1.54) is 50.5 Å². The van der Waals surface area contributed by atoms with Crippen molar-refractivity contribution >= 4 is 0 Å². The Hall–Kier alpha value is -0.780. The van der Waals surface area contributed by atoms with Crippen LogP contribution in [0.15, 0.2) is 36.0 Å². The summed E-state index contributed by atoms with van der Waals surface area (Å²) in [5, 5.41) is 0. The molecule has 0 aromatic heterocycles. The molecule has 0 spiro atoms. The van der Waals surface area contributed by atoms with Gasteiger partial charge in [0.15, 0.2) is 0 Å². The number of allylic oxidation sites excluding steroid dienone is 6. The van der Waals surface area contributed by atoms with Gasteiger partial charge in [0.25, 0.3) is 0 Å². The second-order valence-electron chi connectivity index (χ2n) is 7.28. The molecule has 0 heterocycles. The normalized spacial score (nSPS) is 25.7. The van der Waals surface area contributed by atoms with E-state index in [1.54, 1.807) is 0 Å². The van der Waals surface area contributed by atoms with E-state index in [0.717, 1.165) is 24.7 Å². The second-order valence-corrected chi connectivity index (χ2v) is 7.28. The first-order chi connectivity index (χ1) is 10.7. The molecule has 1 aliphatic carbocycles. The minimum atomic E-state index is 0.645. The van der Waals surface area contributed by atoms with Gasteiger partial charge in [-0.1, -0.05) is 83.3 Å². The molecule has 0 nitrogen and oxygen atoms in total. The highest BCUT2D eigenvalue weighted by atomic mass is 14.2. The Kier molecular flexibility index (Phi) is 10.3.